The van der Waals surface area contributed by atoms with E-state index in [0.717, 1.165) is 42.9 Å². The van der Waals surface area contributed by atoms with Gasteiger partial charge in [0.1, 0.15) is 0 Å². The standard InChI is InChI=1S/C29H50O2/c1-7-20(18(2)3)9-8-19(4)23-10-11-24-27-25(13-15-29(23,24)6)28(5)14-12-22(30)16-21(28)17-26(27)31/h17-20,22-27,30-31H,7-16H2,1-6H3/t19-,20-,22+,23-,24-,25+,26+,27-,28+,29-/m1/s1. The molecule has 2 heteroatoms. The average Bonchev–Trinajstić information content (AvgIpc) is 3.06. The first-order valence-electron chi connectivity index (χ1n) is 13.7. The molecule has 10 atom stereocenters. The molecule has 4 aliphatic rings. The molecule has 3 fully saturated rings. The molecule has 3 saturated carbocycles. The lowest BCUT2D eigenvalue weighted by molar-refractivity contribution is -0.0972. The lowest BCUT2D eigenvalue weighted by Crippen LogP contribution is -2.54. The Kier molecular flexibility index (Phi) is 6.75. The van der Waals surface area contributed by atoms with E-state index in [4.69, 9.17) is 0 Å². The second-order valence-electron chi connectivity index (χ2n) is 13.0. The number of rotatable bonds is 6. The van der Waals surface area contributed by atoms with Gasteiger partial charge in [-0.05, 0) is 104 Å². The van der Waals surface area contributed by atoms with Crippen molar-refractivity contribution >= 4 is 0 Å². The summed E-state index contributed by atoms with van der Waals surface area (Å²) in [5, 5.41) is 21.6. The van der Waals surface area contributed by atoms with Gasteiger partial charge in [-0.15, -0.1) is 0 Å². The molecule has 4 aliphatic carbocycles. The summed E-state index contributed by atoms with van der Waals surface area (Å²) < 4.78 is 0. The van der Waals surface area contributed by atoms with Gasteiger partial charge in [-0.2, -0.15) is 0 Å². The summed E-state index contributed by atoms with van der Waals surface area (Å²) in [6.07, 6.45) is 13.9. The Balaban J connectivity index is 1.52. The monoisotopic (exact) mass is 430 g/mol. The molecule has 0 spiro atoms. The van der Waals surface area contributed by atoms with Crippen molar-refractivity contribution in [3.05, 3.63) is 11.6 Å². The molecule has 31 heavy (non-hydrogen) atoms. The van der Waals surface area contributed by atoms with Crippen LogP contribution in [-0.2, 0) is 0 Å². The van der Waals surface area contributed by atoms with Crippen molar-refractivity contribution in [1.29, 1.82) is 0 Å². The highest BCUT2D eigenvalue weighted by Crippen LogP contribution is 2.67. The van der Waals surface area contributed by atoms with Gasteiger partial charge in [0.05, 0.1) is 12.2 Å². The summed E-state index contributed by atoms with van der Waals surface area (Å²) in [5.41, 5.74) is 1.97. The van der Waals surface area contributed by atoms with Crippen LogP contribution >= 0.6 is 0 Å². The van der Waals surface area contributed by atoms with Crippen LogP contribution in [0.1, 0.15) is 106 Å². The highest BCUT2D eigenvalue weighted by atomic mass is 16.3. The third kappa shape index (κ3) is 3.96. The highest BCUT2D eigenvalue weighted by Gasteiger charge is 2.61. The number of hydrogen-bond acceptors (Lipinski definition) is 2. The van der Waals surface area contributed by atoms with Crippen molar-refractivity contribution in [2.75, 3.05) is 0 Å². The van der Waals surface area contributed by atoms with Gasteiger partial charge in [0.2, 0.25) is 0 Å². The first-order valence-corrected chi connectivity index (χ1v) is 13.7. The lowest BCUT2D eigenvalue weighted by atomic mass is 9.46. The Morgan fingerprint density at radius 1 is 0.968 bits per heavy atom. The van der Waals surface area contributed by atoms with E-state index in [1.807, 2.05) is 0 Å². The van der Waals surface area contributed by atoms with E-state index < -0.39 is 0 Å². The Morgan fingerprint density at radius 2 is 1.71 bits per heavy atom. The molecule has 0 saturated heterocycles. The minimum atomic E-state index is -0.303. The van der Waals surface area contributed by atoms with Crippen molar-refractivity contribution in [2.45, 2.75) is 118 Å². The molecule has 0 heterocycles. The summed E-state index contributed by atoms with van der Waals surface area (Å²) in [4.78, 5) is 0. The smallest absolute Gasteiger partial charge is 0.0757 e. The van der Waals surface area contributed by atoms with Gasteiger partial charge in [0.15, 0.2) is 0 Å². The summed E-state index contributed by atoms with van der Waals surface area (Å²) in [7, 11) is 0. The van der Waals surface area contributed by atoms with Crippen LogP contribution in [0.25, 0.3) is 0 Å². The Morgan fingerprint density at radius 3 is 2.39 bits per heavy atom. The third-order valence-electron chi connectivity index (χ3n) is 11.3. The van der Waals surface area contributed by atoms with Gasteiger partial charge in [-0.3, -0.25) is 0 Å². The predicted molar refractivity (Wildman–Crippen MR) is 130 cm³/mol. The van der Waals surface area contributed by atoms with Crippen molar-refractivity contribution in [2.24, 2.45) is 52.3 Å². The Labute approximate surface area is 192 Å². The molecule has 2 N–H and O–H groups in total. The molecule has 0 bridgehead atoms. The molecule has 4 rings (SSSR count). The maximum absolute atomic E-state index is 11.3. The van der Waals surface area contributed by atoms with E-state index in [0.29, 0.717) is 23.2 Å². The fraction of sp³-hybridized carbons (Fsp3) is 0.931. The van der Waals surface area contributed by atoms with E-state index in [2.05, 4.69) is 47.6 Å². The van der Waals surface area contributed by atoms with Gasteiger partial charge in [-0.1, -0.05) is 66.0 Å². The number of fused-ring (bicyclic) bond motifs is 5. The largest absolute Gasteiger partial charge is 0.393 e. The Bertz CT molecular complexity index is 668. The summed E-state index contributed by atoms with van der Waals surface area (Å²) in [5.74, 6) is 4.99. The molecule has 0 aromatic rings. The highest BCUT2D eigenvalue weighted by molar-refractivity contribution is 5.27. The maximum Gasteiger partial charge on any atom is 0.0757 e. The van der Waals surface area contributed by atoms with Crippen LogP contribution in [0.2, 0.25) is 0 Å². The second-order valence-corrected chi connectivity index (χ2v) is 13.0. The Hall–Kier alpha value is -0.340. The van der Waals surface area contributed by atoms with Crippen molar-refractivity contribution in [1.82, 2.24) is 0 Å². The molecule has 0 aromatic carbocycles. The number of hydrogen-bond donors (Lipinski definition) is 2. The molecule has 0 aliphatic heterocycles. The van der Waals surface area contributed by atoms with E-state index in [1.54, 1.807) is 0 Å². The third-order valence-corrected chi connectivity index (χ3v) is 11.3. The van der Waals surface area contributed by atoms with E-state index in [9.17, 15) is 10.2 Å². The SMILES string of the molecule is CC[C@H](CC[C@@H](C)[C@H]1CC[C@@H]2[C@H]3[C@@H](O)C=C4C[C@@H](O)CC[C@]4(C)[C@H]3CC[C@@]21C)C(C)C. The molecule has 0 unspecified atom stereocenters. The quantitative estimate of drug-likeness (QED) is 0.446. The molecule has 2 nitrogen and oxygen atoms in total. The lowest BCUT2D eigenvalue weighted by Gasteiger charge is -2.59. The zero-order valence-corrected chi connectivity index (χ0v) is 21.2. The summed E-state index contributed by atoms with van der Waals surface area (Å²) in [6, 6.07) is 0. The maximum atomic E-state index is 11.3. The van der Waals surface area contributed by atoms with Crippen LogP contribution in [0, 0.1) is 52.3 Å². The normalized spacial score (nSPS) is 46.7. The first-order chi connectivity index (χ1) is 14.6. The van der Waals surface area contributed by atoms with Crippen LogP contribution in [-0.4, -0.2) is 22.4 Å². The minimum Gasteiger partial charge on any atom is -0.393 e. The zero-order valence-electron chi connectivity index (χ0n) is 21.2. The van der Waals surface area contributed by atoms with Gasteiger partial charge in [0, 0.05) is 0 Å². The van der Waals surface area contributed by atoms with Crippen LogP contribution in [0.3, 0.4) is 0 Å². The predicted octanol–water partition coefficient (Wildman–Crippen LogP) is 7.00. The van der Waals surface area contributed by atoms with Crippen LogP contribution < -0.4 is 0 Å². The fourth-order valence-electron chi connectivity index (χ4n) is 9.29. The van der Waals surface area contributed by atoms with Crippen LogP contribution in [0.5, 0.6) is 0 Å². The number of aliphatic hydroxyl groups excluding tert-OH is 2. The van der Waals surface area contributed by atoms with E-state index >= 15 is 0 Å². The molecule has 0 radical (unpaired) electrons. The topological polar surface area (TPSA) is 40.5 Å². The first kappa shape index (κ1) is 23.8. The van der Waals surface area contributed by atoms with Gasteiger partial charge >= 0.3 is 0 Å². The van der Waals surface area contributed by atoms with Crippen molar-refractivity contribution in [3.8, 4) is 0 Å². The number of aliphatic hydroxyl groups is 2. The molecule has 0 amide bonds. The van der Waals surface area contributed by atoms with Crippen LogP contribution in [0.15, 0.2) is 11.6 Å². The van der Waals surface area contributed by atoms with Gasteiger partial charge in [0.25, 0.3) is 0 Å². The second kappa shape index (κ2) is 8.79. The molecule has 178 valence electrons. The fourth-order valence-corrected chi connectivity index (χ4v) is 9.29. The van der Waals surface area contributed by atoms with Crippen molar-refractivity contribution in [3.63, 3.8) is 0 Å². The van der Waals surface area contributed by atoms with Gasteiger partial charge < -0.3 is 10.2 Å². The average molecular weight is 431 g/mol. The van der Waals surface area contributed by atoms with Crippen LogP contribution in [0.4, 0.5) is 0 Å². The summed E-state index contributed by atoms with van der Waals surface area (Å²) in [6.45, 7) is 14.7. The molecular weight excluding hydrogens is 380 g/mol. The summed E-state index contributed by atoms with van der Waals surface area (Å²) >= 11 is 0. The molecular formula is C29H50O2. The van der Waals surface area contributed by atoms with E-state index in [1.165, 1.54) is 50.5 Å². The molecule has 0 aromatic heterocycles. The zero-order chi connectivity index (χ0) is 22.6. The van der Waals surface area contributed by atoms with Crippen molar-refractivity contribution < 1.29 is 10.2 Å². The van der Waals surface area contributed by atoms with E-state index in [-0.39, 0.29) is 17.6 Å². The minimum absolute atomic E-state index is 0.202. The van der Waals surface area contributed by atoms with Gasteiger partial charge in [-0.25, -0.2) is 0 Å².